The maximum Gasteiger partial charge on any atom is 0.253 e. The highest BCUT2D eigenvalue weighted by molar-refractivity contribution is 7.89. The molecule has 0 atom stereocenters. The lowest BCUT2D eigenvalue weighted by Gasteiger charge is -2.44. The summed E-state index contributed by atoms with van der Waals surface area (Å²) in [6.07, 6.45) is 3.60. The number of hydrogen-bond donors (Lipinski definition) is 0. The molecule has 4 rings (SSSR count). The number of fused-ring (bicyclic) bond motifs is 1. The standard InChI is InChI=1S/C24H30N2O4S/c1-3-26(4-2)31(28,29)21-11-9-20(10-12-21)23(27)25-17-15-24(16-18-25)14-13-19-7-5-6-8-22(19)30-24/h5-12H,3-4,13-18H2,1-2H3. The Morgan fingerprint density at radius 1 is 1.00 bits per heavy atom. The van der Waals surface area contributed by atoms with E-state index in [4.69, 9.17) is 4.74 Å². The third-order valence-electron chi connectivity index (χ3n) is 6.56. The summed E-state index contributed by atoms with van der Waals surface area (Å²) in [6.45, 7) is 5.75. The van der Waals surface area contributed by atoms with E-state index in [1.807, 2.05) is 36.9 Å². The topological polar surface area (TPSA) is 66.9 Å². The number of aryl methyl sites for hydroxylation is 1. The van der Waals surface area contributed by atoms with Gasteiger partial charge in [0.05, 0.1) is 4.90 Å². The van der Waals surface area contributed by atoms with Crippen LogP contribution in [-0.2, 0) is 16.4 Å². The van der Waals surface area contributed by atoms with E-state index >= 15 is 0 Å². The van der Waals surface area contributed by atoms with Crippen LogP contribution in [0.3, 0.4) is 0 Å². The Labute approximate surface area is 184 Å². The molecule has 2 aromatic rings. The predicted molar refractivity (Wildman–Crippen MR) is 120 cm³/mol. The molecule has 31 heavy (non-hydrogen) atoms. The molecule has 0 N–H and O–H groups in total. The third kappa shape index (κ3) is 4.21. The highest BCUT2D eigenvalue weighted by Crippen LogP contribution is 2.39. The summed E-state index contributed by atoms with van der Waals surface area (Å²) >= 11 is 0. The summed E-state index contributed by atoms with van der Waals surface area (Å²) in [5, 5.41) is 0. The van der Waals surface area contributed by atoms with Crippen LogP contribution in [0.1, 0.15) is 49.0 Å². The van der Waals surface area contributed by atoms with E-state index in [1.54, 1.807) is 12.1 Å². The van der Waals surface area contributed by atoms with E-state index in [0.29, 0.717) is 31.7 Å². The summed E-state index contributed by atoms with van der Waals surface area (Å²) < 4.78 is 33.1. The molecule has 0 aliphatic carbocycles. The molecule has 1 saturated heterocycles. The maximum absolute atomic E-state index is 13.0. The predicted octanol–water partition coefficient (Wildman–Crippen LogP) is 3.72. The minimum atomic E-state index is -3.52. The van der Waals surface area contributed by atoms with Crippen LogP contribution < -0.4 is 4.74 Å². The van der Waals surface area contributed by atoms with Gasteiger partial charge in [-0.1, -0.05) is 32.0 Å². The number of sulfonamides is 1. The summed E-state index contributed by atoms with van der Waals surface area (Å²) in [5.74, 6) is 0.913. The first-order valence-corrected chi connectivity index (χ1v) is 12.5. The van der Waals surface area contributed by atoms with Crippen molar-refractivity contribution in [2.24, 2.45) is 0 Å². The van der Waals surface area contributed by atoms with Crippen molar-refractivity contribution in [1.82, 2.24) is 9.21 Å². The summed E-state index contributed by atoms with van der Waals surface area (Å²) in [4.78, 5) is 15.1. The molecule has 7 heteroatoms. The second-order valence-electron chi connectivity index (χ2n) is 8.30. The van der Waals surface area contributed by atoms with Gasteiger partial charge < -0.3 is 9.64 Å². The van der Waals surface area contributed by atoms with Gasteiger partial charge in [-0.2, -0.15) is 4.31 Å². The summed E-state index contributed by atoms with van der Waals surface area (Å²) in [6, 6.07) is 14.5. The number of ether oxygens (including phenoxy) is 1. The Bertz CT molecular complexity index is 1040. The SMILES string of the molecule is CCN(CC)S(=O)(=O)c1ccc(C(=O)N2CCC3(CCc4ccccc4O3)CC2)cc1. The number of rotatable bonds is 5. The van der Waals surface area contributed by atoms with E-state index in [1.165, 1.54) is 22.0 Å². The van der Waals surface area contributed by atoms with Crippen LogP contribution in [0.25, 0.3) is 0 Å². The largest absolute Gasteiger partial charge is 0.487 e. The average molecular weight is 443 g/mol. The minimum Gasteiger partial charge on any atom is -0.487 e. The monoisotopic (exact) mass is 442 g/mol. The fourth-order valence-corrected chi connectivity index (χ4v) is 6.05. The van der Waals surface area contributed by atoms with Gasteiger partial charge in [0.15, 0.2) is 0 Å². The van der Waals surface area contributed by atoms with E-state index in [2.05, 4.69) is 6.07 Å². The second kappa shape index (κ2) is 8.63. The lowest BCUT2D eigenvalue weighted by Crippen LogP contribution is -2.51. The van der Waals surface area contributed by atoms with Gasteiger partial charge in [-0.05, 0) is 48.7 Å². The van der Waals surface area contributed by atoms with Gasteiger partial charge in [0.2, 0.25) is 10.0 Å². The Morgan fingerprint density at radius 3 is 2.29 bits per heavy atom. The number of piperidine rings is 1. The smallest absolute Gasteiger partial charge is 0.253 e. The fourth-order valence-electron chi connectivity index (χ4n) is 4.59. The number of benzene rings is 2. The Kier molecular flexibility index (Phi) is 6.08. The molecule has 0 saturated carbocycles. The van der Waals surface area contributed by atoms with Crippen LogP contribution in [0.4, 0.5) is 0 Å². The number of para-hydroxylation sites is 1. The highest BCUT2D eigenvalue weighted by Gasteiger charge is 2.40. The number of carbonyl (C=O) groups is 1. The molecule has 1 amide bonds. The van der Waals surface area contributed by atoms with E-state index < -0.39 is 10.0 Å². The normalized spacial score (nSPS) is 18.0. The molecule has 0 aromatic heterocycles. The molecule has 6 nitrogen and oxygen atoms in total. The zero-order valence-electron chi connectivity index (χ0n) is 18.2. The molecule has 0 unspecified atom stereocenters. The first-order chi connectivity index (χ1) is 14.9. The molecular formula is C24H30N2O4S. The van der Waals surface area contributed by atoms with Gasteiger partial charge in [-0.15, -0.1) is 0 Å². The van der Waals surface area contributed by atoms with Gasteiger partial charge in [-0.3, -0.25) is 4.79 Å². The summed E-state index contributed by atoms with van der Waals surface area (Å²) in [7, 11) is -3.52. The lowest BCUT2D eigenvalue weighted by molar-refractivity contribution is -0.0106. The number of nitrogens with zero attached hydrogens (tertiary/aromatic N) is 2. The molecule has 166 valence electrons. The van der Waals surface area contributed by atoms with Crippen LogP contribution in [0.15, 0.2) is 53.4 Å². The van der Waals surface area contributed by atoms with Crippen LogP contribution in [-0.4, -0.2) is 55.3 Å². The Hall–Kier alpha value is -2.38. The van der Waals surface area contributed by atoms with Crippen LogP contribution >= 0.6 is 0 Å². The van der Waals surface area contributed by atoms with Crippen molar-refractivity contribution in [3.05, 3.63) is 59.7 Å². The van der Waals surface area contributed by atoms with Crippen molar-refractivity contribution in [3.63, 3.8) is 0 Å². The third-order valence-corrected chi connectivity index (χ3v) is 8.62. The van der Waals surface area contributed by atoms with Crippen molar-refractivity contribution < 1.29 is 17.9 Å². The molecule has 0 radical (unpaired) electrons. The minimum absolute atomic E-state index is 0.0575. The number of likely N-dealkylation sites (tertiary alicyclic amines) is 1. The molecule has 2 aliphatic heterocycles. The fraction of sp³-hybridized carbons (Fsp3) is 0.458. The molecule has 1 spiro atoms. The quantitative estimate of drug-likeness (QED) is 0.708. The zero-order valence-corrected chi connectivity index (χ0v) is 19.0. The molecular weight excluding hydrogens is 412 g/mol. The van der Waals surface area contributed by atoms with Crippen molar-refractivity contribution in [2.45, 2.75) is 50.0 Å². The van der Waals surface area contributed by atoms with E-state index in [9.17, 15) is 13.2 Å². The van der Waals surface area contributed by atoms with Crippen LogP contribution in [0, 0.1) is 0 Å². The summed E-state index contributed by atoms with van der Waals surface area (Å²) in [5.41, 5.74) is 1.59. The maximum atomic E-state index is 13.0. The van der Waals surface area contributed by atoms with Gasteiger partial charge in [0.25, 0.3) is 5.91 Å². The van der Waals surface area contributed by atoms with Gasteiger partial charge >= 0.3 is 0 Å². The van der Waals surface area contributed by atoms with Gasteiger partial charge in [-0.25, -0.2) is 8.42 Å². The lowest BCUT2D eigenvalue weighted by atomic mass is 9.83. The van der Waals surface area contributed by atoms with Gasteiger partial charge in [0.1, 0.15) is 11.4 Å². The van der Waals surface area contributed by atoms with Crippen molar-refractivity contribution in [2.75, 3.05) is 26.2 Å². The van der Waals surface area contributed by atoms with Crippen molar-refractivity contribution >= 4 is 15.9 Å². The molecule has 1 fully saturated rings. The molecule has 2 heterocycles. The second-order valence-corrected chi connectivity index (χ2v) is 10.2. The van der Waals surface area contributed by atoms with Crippen molar-refractivity contribution in [3.8, 4) is 5.75 Å². The molecule has 0 bridgehead atoms. The zero-order chi connectivity index (χ0) is 22.1. The number of hydrogen-bond acceptors (Lipinski definition) is 4. The molecule has 2 aromatic carbocycles. The van der Waals surface area contributed by atoms with E-state index in [0.717, 1.165) is 31.4 Å². The Morgan fingerprint density at radius 2 is 1.65 bits per heavy atom. The molecule has 2 aliphatic rings. The van der Waals surface area contributed by atoms with Crippen molar-refractivity contribution in [1.29, 1.82) is 0 Å². The van der Waals surface area contributed by atoms with Gasteiger partial charge in [0, 0.05) is 44.6 Å². The average Bonchev–Trinajstić information content (AvgIpc) is 2.80. The number of amides is 1. The highest BCUT2D eigenvalue weighted by atomic mass is 32.2. The first-order valence-electron chi connectivity index (χ1n) is 11.0. The Balaban J connectivity index is 1.41. The van der Waals surface area contributed by atoms with E-state index in [-0.39, 0.29) is 16.4 Å². The first kappa shape index (κ1) is 21.8. The number of carbonyl (C=O) groups excluding carboxylic acids is 1. The van der Waals surface area contributed by atoms with Crippen LogP contribution in [0.5, 0.6) is 5.75 Å². The van der Waals surface area contributed by atoms with Crippen LogP contribution in [0.2, 0.25) is 0 Å².